The number of allylic oxidation sites excluding steroid dienone is 1. The lowest BCUT2D eigenvalue weighted by Crippen LogP contribution is -1.95. The summed E-state index contributed by atoms with van der Waals surface area (Å²) >= 11 is 1.81. The fraction of sp³-hybridized carbons (Fsp3) is 0.227. The summed E-state index contributed by atoms with van der Waals surface area (Å²) in [5.41, 5.74) is 5.72. The molecule has 5 aromatic rings. The SMILES string of the molecule is C=C(C)Cn1cc(-c2nc3c4c5c(sc4ncn3n2)CCC5)c2ccccc21. The summed E-state index contributed by atoms with van der Waals surface area (Å²) < 4.78 is 4.07. The first-order valence-electron chi connectivity index (χ1n) is 9.57. The number of hydrogen-bond donors (Lipinski definition) is 0. The van der Waals surface area contributed by atoms with Crippen LogP contribution in [0.15, 0.2) is 48.9 Å². The van der Waals surface area contributed by atoms with Crippen LogP contribution in [0.25, 0.3) is 38.2 Å². The van der Waals surface area contributed by atoms with E-state index in [1.54, 1.807) is 6.33 Å². The maximum Gasteiger partial charge on any atom is 0.184 e. The predicted molar refractivity (Wildman–Crippen MR) is 114 cm³/mol. The number of aryl methyl sites for hydroxylation is 2. The average molecular weight is 385 g/mol. The first-order chi connectivity index (χ1) is 13.7. The molecule has 0 saturated heterocycles. The fourth-order valence-electron chi connectivity index (χ4n) is 4.35. The number of hydrogen-bond acceptors (Lipinski definition) is 4. The van der Waals surface area contributed by atoms with E-state index in [2.05, 4.69) is 53.5 Å². The minimum Gasteiger partial charge on any atom is -0.343 e. The Kier molecular flexibility index (Phi) is 3.29. The van der Waals surface area contributed by atoms with E-state index in [-0.39, 0.29) is 0 Å². The third kappa shape index (κ3) is 2.21. The smallest absolute Gasteiger partial charge is 0.184 e. The van der Waals surface area contributed by atoms with Crippen LogP contribution in [0.3, 0.4) is 0 Å². The van der Waals surface area contributed by atoms with E-state index in [1.165, 1.54) is 33.2 Å². The van der Waals surface area contributed by atoms with E-state index in [9.17, 15) is 0 Å². The van der Waals surface area contributed by atoms with Crippen molar-refractivity contribution in [2.45, 2.75) is 32.7 Å². The topological polar surface area (TPSA) is 48.0 Å². The zero-order valence-electron chi connectivity index (χ0n) is 15.6. The summed E-state index contributed by atoms with van der Waals surface area (Å²) in [6, 6.07) is 8.42. The van der Waals surface area contributed by atoms with E-state index in [4.69, 9.17) is 10.1 Å². The first-order valence-corrected chi connectivity index (χ1v) is 10.4. The van der Waals surface area contributed by atoms with Crippen LogP contribution >= 0.6 is 11.3 Å². The number of nitrogens with zero attached hydrogens (tertiary/aromatic N) is 5. The van der Waals surface area contributed by atoms with Crippen molar-refractivity contribution < 1.29 is 0 Å². The number of fused-ring (bicyclic) bond motifs is 6. The third-order valence-electron chi connectivity index (χ3n) is 5.51. The highest BCUT2D eigenvalue weighted by atomic mass is 32.1. The molecule has 0 unspecified atom stereocenters. The molecule has 4 heterocycles. The Balaban J connectivity index is 1.61. The van der Waals surface area contributed by atoms with Crippen molar-refractivity contribution in [3.05, 3.63) is 59.4 Å². The second-order valence-corrected chi connectivity index (χ2v) is 8.71. The standard InChI is InChI=1S/C22H19N5S/c1-13(2)10-26-11-16(14-6-3-4-8-17(14)26)20-24-21-19-15-7-5-9-18(15)28-22(19)23-12-27(21)25-20/h3-4,6,8,11-12H,1,5,7,9-10H2,2H3. The molecule has 5 nitrogen and oxygen atoms in total. The van der Waals surface area contributed by atoms with Crippen LogP contribution in [-0.4, -0.2) is 24.1 Å². The lowest BCUT2D eigenvalue weighted by Gasteiger charge is -2.03. The summed E-state index contributed by atoms with van der Waals surface area (Å²) in [7, 11) is 0. The van der Waals surface area contributed by atoms with E-state index < -0.39 is 0 Å². The second kappa shape index (κ2) is 5.75. The van der Waals surface area contributed by atoms with Crippen LogP contribution in [0.5, 0.6) is 0 Å². The summed E-state index contributed by atoms with van der Waals surface area (Å²) in [6.07, 6.45) is 7.46. The van der Waals surface area contributed by atoms with Gasteiger partial charge in [0.2, 0.25) is 0 Å². The van der Waals surface area contributed by atoms with E-state index >= 15 is 0 Å². The van der Waals surface area contributed by atoms with Gasteiger partial charge >= 0.3 is 0 Å². The minimum atomic E-state index is 0.754. The van der Waals surface area contributed by atoms with Crippen molar-refractivity contribution in [3.63, 3.8) is 0 Å². The molecule has 28 heavy (non-hydrogen) atoms. The van der Waals surface area contributed by atoms with Crippen LogP contribution in [0.1, 0.15) is 23.8 Å². The Morgan fingerprint density at radius 3 is 3.04 bits per heavy atom. The quantitative estimate of drug-likeness (QED) is 0.410. The summed E-state index contributed by atoms with van der Waals surface area (Å²) in [5.74, 6) is 0.754. The highest BCUT2D eigenvalue weighted by Crippen LogP contribution is 2.38. The van der Waals surface area contributed by atoms with Crippen LogP contribution in [0.4, 0.5) is 0 Å². The van der Waals surface area contributed by atoms with Gasteiger partial charge in [-0.15, -0.1) is 16.4 Å². The molecule has 0 bridgehead atoms. The molecule has 0 aliphatic heterocycles. The molecule has 0 saturated carbocycles. The maximum absolute atomic E-state index is 4.99. The van der Waals surface area contributed by atoms with Gasteiger partial charge in [0.15, 0.2) is 11.5 Å². The number of rotatable bonds is 3. The Morgan fingerprint density at radius 1 is 1.25 bits per heavy atom. The van der Waals surface area contributed by atoms with Gasteiger partial charge in [-0.3, -0.25) is 0 Å². The summed E-state index contributed by atoms with van der Waals surface area (Å²) in [6.45, 7) is 6.91. The predicted octanol–water partition coefficient (Wildman–Crippen LogP) is 5.03. The van der Waals surface area contributed by atoms with Crippen LogP contribution in [0.2, 0.25) is 0 Å². The van der Waals surface area contributed by atoms with Crippen molar-refractivity contribution in [2.24, 2.45) is 0 Å². The van der Waals surface area contributed by atoms with E-state index in [0.29, 0.717) is 0 Å². The molecule has 138 valence electrons. The molecule has 0 atom stereocenters. The van der Waals surface area contributed by atoms with Crippen molar-refractivity contribution in [1.82, 2.24) is 24.1 Å². The molecule has 0 fully saturated rings. The molecule has 1 aliphatic rings. The molecule has 1 aliphatic carbocycles. The van der Waals surface area contributed by atoms with Gasteiger partial charge < -0.3 is 4.57 Å². The average Bonchev–Trinajstić information content (AvgIpc) is 3.41. The Bertz CT molecular complexity index is 1400. The van der Waals surface area contributed by atoms with Crippen molar-refractivity contribution in [2.75, 3.05) is 0 Å². The second-order valence-electron chi connectivity index (χ2n) is 7.63. The molecule has 0 amide bonds. The zero-order chi connectivity index (χ0) is 18.8. The van der Waals surface area contributed by atoms with Gasteiger partial charge in [-0.05, 0) is 37.8 Å². The van der Waals surface area contributed by atoms with Gasteiger partial charge in [-0.2, -0.15) is 0 Å². The molecule has 0 N–H and O–H groups in total. The highest BCUT2D eigenvalue weighted by molar-refractivity contribution is 7.19. The van der Waals surface area contributed by atoms with Gasteiger partial charge in [-0.1, -0.05) is 30.4 Å². The Hall–Kier alpha value is -2.99. The van der Waals surface area contributed by atoms with E-state index in [1.807, 2.05) is 15.9 Å². The molecule has 4 aromatic heterocycles. The molecular formula is C22H19N5S. The number of benzene rings is 1. The van der Waals surface area contributed by atoms with Crippen LogP contribution < -0.4 is 0 Å². The maximum atomic E-state index is 4.99. The molecular weight excluding hydrogens is 366 g/mol. The molecule has 0 radical (unpaired) electrons. The summed E-state index contributed by atoms with van der Waals surface area (Å²) in [4.78, 5) is 12.2. The number of para-hydroxylation sites is 1. The van der Waals surface area contributed by atoms with Gasteiger partial charge in [-0.25, -0.2) is 14.5 Å². The van der Waals surface area contributed by atoms with Crippen molar-refractivity contribution in [3.8, 4) is 11.4 Å². The lowest BCUT2D eigenvalue weighted by atomic mass is 10.1. The normalized spacial score (nSPS) is 13.8. The molecule has 6 heteroatoms. The van der Waals surface area contributed by atoms with Gasteiger partial charge in [0.05, 0.1) is 5.39 Å². The molecule has 6 rings (SSSR count). The van der Waals surface area contributed by atoms with Gasteiger partial charge in [0, 0.05) is 34.1 Å². The lowest BCUT2D eigenvalue weighted by molar-refractivity contribution is 0.822. The zero-order valence-corrected chi connectivity index (χ0v) is 16.5. The monoisotopic (exact) mass is 385 g/mol. The fourth-order valence-corrected chi connectivity index (χ4v) is 5.58. The van der Waals surface area contributed by atoms with Gasteiger partial charge in [0.25, 0.3) is 0 Å². The minimum absolute atomic E-state index is 0.754. The number of aromatic nitrogens is 5. The summed E-state index contributed by atoms with van der Waals surface area (Å²) in [5, 5.41) is 7.16. The highest BCUT2D eigenvalue weighted by Gasteiger charge is 2.23. The molecule has 1 aromatic carbocycles. The Morgan fingerprint density at radius 2 is 2.14 bits per heavy atom. The van der Waals surface area contributed by atoms with Crippen LogP contribution in [0, 0.1) is 0 Å². The number of thiophene rings is 1. The van der Waals surface area contributed by atoms with Crippen LogP contribution in [-0.2, 0) is 19.4 Å². The first kappa shape index (κ1) is 16.0. The molecule has 0 spiro atoms. The third-order valence-corrected chi connectivity index (χ3v) is 6.71. The Labute approximate surface area is 166 Å². The van der Waals surface area contributed by atoms with Crippen molar-refractivity contribution >= 4 is 38.1 Å². The van der Waals surface area contributed by atoms with E-state index in [0.717, 1.165) is 46.8 Å². The largest absolute Gasteiger partial charge is 0.343 e. The van der Waals surface area contributed by atoms with Crippen molar-refractivity contribution in [1.29, 1.82) is 0 Å². The van der Waals surface area contributed by atoms with Gasteiger partial charge in [0.1, 0.15) is 11.2 Å².